The van der Waals surface area contributed by atoms with E-state index in [9.17, 15) is 10.1 Å². The van der Waals surface area contributed by atoms with Crippen molar-refractivity contribution in [1.82, 2.24) is 0 Å². The van der Waals surface area contributed by atoms with Crippen LogP contribution in [0.2, 0.25) is 0 Å². The van der Waals surface area contributed by atoms with Crippen LogP contribution in [0.25, 0.3) is 0 Å². The molecule has 0 saturated heterocycles. The molecule has 1 aromatic rings. The summed E-state index contributed by atoms with van der Waals surface area (Å²) < 4.78 is 5.54. The van der Waals surface area contributed by atoms with Crippen molar-refractivity contribution in [3.8, 4) is 6.07 Å². The topological polar surface area (TPSA) is 50.1 Å². The first-order valence-corrected chi connectivity index (χ1v) is 8.51. The zero-order valence-corrected chi connectivity index (χ0v) is 14.6. The smallest absolute Gasteiger partial charge is 0.328 e. The highest BCUT2D eigenvalue weighted by Gasteiger charge is 2.73. The van der Waals surface area contributed by atoms with Crippen LogP contribution in [-0.2, 0) is 9.53 Å². The second kappa shape index (κ2) is 5.96. The van der Waals surface area contributed by atoms with Crippen LogP contribution in [0.5, 0.6) is 0 Å². The van der Waals surface area contributed by atoms with Gasteiger partial charge in [0.2, 0.25) is 0 Å². The molecule has 0 N–H and O–H groups in total. The number of carbonyl (C=O) groups excluding carboxylic acids is 1. The molecule has 0 amide bonds. The minimum Gasteiger partial charge on any atom is -0.459 e. The summed E-state index contributed by atoms with van der Waals surface area (Å²) in [5.41, 5.74) is -0.616. The van der Waals surface area contributed by atoms with Gasteiger partial charge in [-0.05, 0) is 31.6 Å². The van der Waals surface area contributed by atoms with E-state index in [4.69, 9.17) is 4.74 Å². The summed E-state index contributed by atoms with van der Waals surface area (Å²) in [4.78, 5) is 12.7. The molecule has 0 heterocycles. The number of nitriles is 1. The van der Waals surface area contributed by atoms with Gasteiger partial charge in [-0.15, -0.1) is 0 Å². The number of ether oxygens (including phenoxy) is 1. The van der Waals surface area contributed by atoms with Gasteiger partial charge in [-0.3, -0.25) is 4.79 Å². The predicted molar refractivity (Wildman–Crippen MR) is 89.6 cm³/mol. The second-order valence-corrected chi connectivity index (χ2v) is 8.70. The lowest BCUT2D eigenvalue weighted by molar-refractivity contribution is -0.159. The molecule has 1 aliphatic rings. The molecule has 4 heteroatoms. The van der Waals surface area contributed by atoms with E-state index in [1.54, 1.807) is 11.8 Å². The van der Waals surface area contributed by atoms with Crippen molar-refractivity contribution in [2.45, 2.75) is 56.6 Å². The van der Waals surface area contributed by atoms with E-state index in [2.05, 4.69) is 19.9 Å². The number of nitrogens with zero attached hydrogens (tertiary/aromatic N) is 1. The highest BCUT2D eigenvalue weighted by atomic mass is 32.2. The van der Waals surface area contributed by atoms with Gasteiger partial charge < -0.3 is 4.74 Å². The number of esters is 1. The van der Waals surface area contributed by atoms with Gasteiger partial charge in [-0.25, -0.2) is 0 Å². The van der Waals surface area contributed by atoms with Crippen molar-refractivity contribution in [1.29, 1.82) is 5.26 Å². The minimum atomic E-state index is -1.07. The Kier molecular flexibility index (Phi) is 4.58. The van der Waals surface area contributed by atoms with Gasteiger partial charge in [0.15, 0.2) is 5.41 Å². The fourth-order valence-electron chi connectivity index (χ4n) is 2.72. The number of benzene rings is 1. The monoisotopic (exact) mass is 317 g/mol. The second-order valence-electron chi connectivity index (χ2n) is 6.98. The zero-order valence-electron chi connectivity index (χ0n) is 13.8. The van der Waals surface area contributed by atoms with Gasteiger partial charge >= 0.3 is 5.97 Å². The lowest BCUT2D eigenvalue weighted by Crippen LogP contribution is -2.31. The molecule has 0 aliphatic heterocycles. The van der Waals surface area contributed by atoms with Crippen molar-refractivity contribution in [2.24, 2.45) is 5.41 Å². The minimum absolute atomic E-state index is 0.0465. The third-order valence-corrected chi connectivity index (χ3v) is 5.11. The quantitative estimate of drug-likeness (QED) is 0.783. The fraction of sp³-hybridized carbons (Fsp3) is 0.556. The summed E-state index contributed by atoms with van der Waals surface area (Å²) in [6.07, 6.45) is 0. The molecule has 3 nitrogen and oxygen atoms in total. The number of rotatable bonds is 4. The van der Waals surface area contributed by atoms with Crippen LogP contribution in [0.1, 0.15) is 46.1 Å². The largest absolute Gasteiger partial charge is 0.459 e. The van der Waals surface area contributed by atoms with Gasteiger partial charge in [-0.1, -0.05) is 44.2 Å². The predicted octanol–water partition coefficient (Wildman–Crippen LogP) is 4.15. The maximum absolute atomic E-state index is 12.7. The summed E-state index contributed by atoms with van der Waals surface area (Å²) >= 11 is 1.69. The number of carbonyl (C=O) groups is 1. The SMILES string of the molecule is CC(C)SC1C(c2ccccc2)C1(C#N)C(=O)OC(C)(C)C. The van der Waals surface area contributed by atoms with Crippen LogP contribution in [0, 0.1) is 16.7 Å². The Bertz CT molecular complexity index is 585. The van der Waals surface area contributed by atoms with Gasteiger partial charge in [0.05, 0.1) is 6.07 Å². The van der Waals surface area contributed by atoms with Crippen molar-refractivity contribution < 1.29 is 9.53 Å². The van der Waals surface area contributed by atoms with E-state index in [1.165, 1.54) is 0 Å². The number of hydrogen-bond donors (Lipinski definition) is 0. The molecule has 0 aromatic heterocycles. The number of hydrogen-bond acceptors (Lipinski definition) is 4. The highest BCUT2D eigenvalue weighted by molar-refractivity contribution is 8.00. The molecule has 1 aromatic carbocycles. The average molecular weight is 317 g/mol. The summed E-state index contributed by atoms with van der Waals surface area (Å²) in [7, 11) is 0. The third kappa shape index (κ3) is 3.15. The zero-order chi connectivity index (χ0) is 16.5. The van der Waals surface area contributed by atoms with Crippen LogP contribution >= 0.6 is 11.8 Å². The van der Waals surface area contributed by atoms with Crippen molar-refractivity contribution in [3.05, 3.63) is 35.9 Å². The first-order chi connectivity index (χ1) is 10.2. The Balaban J connectivity index is 2.35. The molecule has 0 spiro atoms. The maximum atomic E-state index is 12.7. The highest BCUT2D eigenvalue weighted by Crippen LogP contribution is 2.66. The van der Waals surface area contributed by atoms with E-state index < -0.39 is 17.0 Å². The molecular formula is C18H23NO2S. The van der Waals surface area contributed by atoms with Gasteiger partial charge in [0, 0.05) is 11.2 Å². The lowest BCUT2D eigenvalue weighted by atomic mass is 10.0. The maximum Gasteiger partial charge on any atom is 0.328 e. The summed E-state index contributed by atoms with van der Waals surface area (Å²) in [5, 5.41) is 10.1. The molecule has 0 bridgehead atoms. The molecule has 118 valence electrons. The molecule has 2 rings (SSSR count). The van der Waals surface area contributed by atoms with Crippen molar-refractivity contribution >= 4 is 17.7 Å². The van der Waals surface area contributed by atoms with Crippen LogP contribution in [0.4, 0.5) is 0 Å². The molecule has 0 radical (unpaired) electrons. The molecule has 3 atom stereocenters. The molecule has 3 unspecified atom stereocenters. The Morgan fingerprint density at radius 2 is 1.91 bits per heavy atom. The van der Waals surface area contributed by atoms with Crippen LogP contribution < -0.4 is 0 Å². The third-order valence-electron chi connectivity index (χ3n) is 3.63. The van der Waals surface area contributed by atoms with Crippen LogP contribution in [-0.4, -0.2) is 22.1 Å². The molecular weight excluding hydrogens is 294 g/mol. The van der Waals surface area contributed by atoms with Crippen molar-refractivity contribution in [2.75, 3.05) is 0 Å². The molecule has 1 fully saturated rings. The van der Waals surface area contributed by atoms with E-state index >= 15 is 0 Å². The fourth-order valence-corrected chi connectivity index (χ4v) is 4.26. The van der Waals surface area contributed by atoms with Gasteiger partial charge in [0.25, 0.3) is 0 Å². The Labute approximate surface area is 137 Å². The van der Waals surface area contributed by atoms with Gasteiger partial charge in [0.1, 0.15) is 5.60 Å². The number of thioether (sulfide) groups is 1. The normalized spacial score (nSPS) is 27.3. The van der Waals surface area contributed by atoms with Gasteiger partial charge in [-0.2, -0.15) is 17.0 Å². The van der Waals surface area contributed by atoms with E-state index in [0.717, 1.165) is 5.56 Å². The van der Waals surface area contributed by atoms with E-state index in [-0.39, 0.29) is 11.2 Å². The molecule has 1 aliphatic carbocycles. The van der Waals surface area contributed by atoms with Crippen molar-refractivity contribution in [3.63, 3.8) is 0 Å². The molecule has 1 saturated carbocycles. The Hall–Kier alpha value is -1.47. The summed E-state index contributed by atoms with van der Waals surface area (Å²) in [6.45, 7) is 9.67. The van der Waals surface area contributed by atoms with E-state index in [0.29, 0.717) is 5.25 Å². The first kappa shape index (κ1) is 16.9. The Morgan fingerprint density at radius 3 is 2.36 bits per heavy atom. The van der Waals surface area contributed by atoms with Crippen LogP contribution in [0.15, 0.2) is 30.3 Å². The standard InChI is InChI=1S/C18H23NO2S/c1-12(2)22-15-14(13-9-7-6-8-10-13)18(15,11-19)16(20)21-17(3,4)5/h6-10,12,14-15H,1-5H3. The average Bonchev–Trinajstić information content (AvgIpc) is 3.05. The summed E-state index contributed by atoms with van der Waals surface area (Å²) in [6, 6.07) is 12.1. The summed E-state index contributed by atoms with van der Waals surface area (Å²) in [5.74, 6) is -0.490. The lowest BCUT2D eigenvalue weighted by Gasteiger charge is -2.22. The van der Waals surface area contributed by atoms with Crippen LogP contribution in [0.3, 0.4) is 0 Å². The molecule has 22 heavy (non-hydrogen) atoms. The Morgan fingerprint density at radius 1 is 1.32 bits per heavy atom. The van der Waals surface area contributed by atoms with E-state index in [1.807, 2.05) is 51.1 Å². The first-order valence-electron chi connectivity index (χ1n) is 7.57.